The summed E-state index contributed by atoms with van der Waals surface area (Å²) in [5.74, 6) is 5.78. The highest BCUT2D eigenvalue weighted by atomic mass is 32.2. The Morgan fingerprint density at radius 3 is 2.43 bits per heavy atom. The third kappa shape index (κ3) is 4.12. The van der Waals surface area contributed by atoms with Gasteiger partial charge in [-0.1, -0.05) is 26.2 Å². The lowest BCUT2D eigenvalue weighted by molar-refractivity contribution is 0.285. The second-order valence-electron chi connectivity index (χ2n) is 5.42. The number of nitrogen functional groups attached to an aromatic ring is 1. The zero-order chi connectivity index (χ0) is 15.3. The van der Waals surface area contributed by atoms with Crippen molar-refractivity contribution in [1.82, 2.24) is 14.7 Å². The number of rotatable bonds is 6. The van der Waals surface area contributed by atoms with Gasteiger partial charge in [0.2, 0.25) is 16.0 Å². The number of sulfonamides is 1. The monoisotopic (exact) mass is 313 g/mol. The van der Waals surface area contributed by atoms with Crippen molar-refractivity contribution in [2.24, 2.45) is 11.8 Å². The van der Waals surface area contributed by atoms with E-state index in [9.17, 15) is 8.42 Å². The maximum atomic E-state index is 12.4. The molecule has 0 amide bonds. The van der Waals surface area contributed by atoms with Gasteiger partial charge < -0.3 is 0 Å². The van der Waals surface area contributed by atoms with Gasteiger partial charge in [-0.2, -0.15) is 0 Å². The Morgan fingerprint density at radius 1 is 1.29 bits per heavy atom. The maximum Gasteiger partial charge on any atom is 0.243 e. The van der Waals surface area contributed by atoms with Gasteiger partial charge >= 0.3 is 0 Å². The summed E-state index contributed by atoms with van der Waals surface area (Å²) in [4.78, 5) is 7.75. The van der Waals surface area contributed by atoms with Crippen molar-refractivity contribution in [3.8, 4) is 0 Å². The molecule has 0 saturated heterocycles. The van der Waals surface area contributed by atoms with E-state index in [1.807, 2.05) is 6.92 Å². The molecule has 118 valence electrons. The third-order valence-corrected chi connectivity index (χ3v) is 5.48. The minimum absolute atomic E-state index is 0.0254. The minimum Gasteiger partial charge on any atom is -0.292 e. The van der Waals surface area contributed by atoms with Crippen LogP contribution < -0.4 is 16.0 Å². The van der Waals surface area contributed by atoms with Gasteiger partial charge in [0.25, 0.3) is 0 Å². The van der Waals surface area contributed by atoms with Crippen LogP contribution in [0.15, 0.2) is 17.3 Å². The van der Waals surface area contributed by atoms with Crippen LogP contribution in [0.5, 0.6) is 0 Å². The van der Waals surface area contributed by atoms with E-state index in [4.69, 9.17) is 5.84 Å². The van der Waals surface area contributed by atoms with Crippen LogP contribution in [0.3, 0.4) is 0 Å². The molecular formula is C13H23N5O2S. The zero-order valence-corrected chi connectivity index (χ0v) is 13.1. The quantitative estimate of drug-likeness (QED) is 0.541. The summed E-state index contributed by atoms with van der Waals surface area (Å²) in [6.07, 6.45) is 9.11. The van der Waals surface area contributed by atoms with Crippen molar-refractivity contribution in [2.75, 3.05) is 5.43 Å². The highest BCUT2D eigenvalue weighted by Crippen LogP contribution is 2.28. The highest BCUT2D eigenvalue weighted by molar-refractivity contribution is 7.89. The topological polar surface area (TPSA) is 110 Å². The van der Waals surface area contributed by atoms with Crippen LogP contribution in [-0.4, -0.2) is 24.4 Å². The molecule has 4 N–H and O–H groups in total. The summed E-state index contributed by atoms with van der Waals surface area (Å²) in [5, 5.41) is 0. The smallest absolute Gasteiger partial charge is 0.243 e. The first-order valence-corrected chi connectivity index (χ1v) is 8.86. The molecule has 21 heavy (non-hydrogen) atoms. The van der Waals surface area contributed by atoms with E-state index < -0.39 is 10.0 Å². The summed E-state index contributed by atoms with van der Waals surface area (Å²) in [7, 11) is -3.59. The fraction of sp³-hybridized carbons (Fsp3) is 0.692. The molecule has 8 heteroatoms. The van der Waals surface area contributed by atoms with E-state index in [1.54, 1.807) is 0 Å². The lowest BCUT2D eigenvalue weighted by Gasteiger charge is -2.29. The van der Waals surface area contributed by atoms with Gasteiger partial charge in [-0.15, -0.1) is 0 Å². The lowest BCUT2D eigenvalue weighted by Crippen LogP contribution is -2.40. The van der Waals surface area contributed by atoms with Crippen molar-refractivity contribution in [3.63, 3.8) is 0 Å². The molecular weight excluding hydrogens is 290 g/mol. The Labute approximate surface area is 125 Å². The molecule has 1 aliphatic carbocycles. The Bertz CT molecular complexity index is 540. The molecule has 0 aromatic carbocycles. The van der Waals surface area contributed by atoms with E-state index in [2.05, 4.69) is 20.1 Å². The molecule has 1 saturated carbocycles. The fourth-order valence-electron chi connectivity index (χ4n) is 2.85. The molecule has 0 bridgehead atoms. The normalized spacial score (nSPS) is 18.4. The summed E-state index contributed by atoms with van der Waals surface area (Å²) in [6.45, 7) is 2.01. The number of aromatic nitrogens is 2. The highest BCUT2D eigenvalue weighted by Gasteiger charge is 2.27. The van der Waals surface area contributed by atoms with Crippen molar-refractivity contribution in [2.45, 2.75) is 56.4 Å². The van der Waals surface area contributed by atoms with Crippen LogP contribution in [-0.2, 0) is 10.0 Å². The SMILES string of the molecule is CCC(NS(=O)(=O)c1cnc(NN)nc1)C1CCCCC1. The molecule has 1 aromatic heterocycles. The average molecular weight is 313 g/mol. The largest absolute Gasteiger partial charge is 0.292 e. The summed E-state index contributed by atoms with van der Waals surface area (Å²) >= 11 is 0. The Morgan fingerprint density at radius 2 is 1.90 bits per heavy atom. The Hall–Kier alpha value is -1.25. The van der Waals surface area contributed by atoms with Crippen LogP contribution in [0.4, 0.5) is 5.95 Å². The molecule has 1 heterocycles. The molecule has 1 atom stereocenters. The molecule has 1 aromatic rings. The standard InChI is InChI=1S/C13H23N5O2S/c1-2-12(10-6-4-3-5-7-10)18-21(19,20)11-8-15-13(17-14)16-9-11/h8-10,12,18H,2-7,14H2,1H3,(H,15,16,17). The van der Waals surface area contributed by atoms with Gasteiger partial charge in [-0.3, -0.25) is 5.43 Å². The minimum atomic E-state index is -3.59. The van der Waals surface area contributed by atoms with Crippen LogP contribution in [0, 0.1) is 5.92 Å². The van der Waals surface area contributed by atoms with Crippen LogP contribution in [0.2, 0.25) is 0 Å². The number of nitrogens with two attached hydrogens (primary N) is 1. The van der Waals surface area contributed by atoms with Gasteiger partial charge in [0.1, 0.15) is 4.90 Å². The summed E-state index contributed by atoms with van der Waals surface area (Å²) in [6, 6.07) is -0.0254. The predicted octanol–water partition coefficient (Wildman–Crippen LogP) is 1.40. The van der Waals surface area contributed by atoms with Crippen LogP contribution >= 0.6 is 0 Å². The Kier molecular flexibility index (Phi) is 5.49. The average Bonchev–Trinajstić information content (AvgIpc) is 2.53. The van der Waals surface area contributed by atoms with E-state index >= 15 is 0 Å². The zero-order valence-electron chi connectivity index (χ0n) is 12.2. The summed E-state index contributed by atoms with van der Waals surface area (Å²) in [5.41, 5.74) is 2.27. The molecule has 1 fully saturated rings. The summed E-state index contributed by atoms with van der Waals surface area (Å²) < 4.78 is 27.6. The molecule has 0 radical (unpaired) electrons. The molecule has 1 unspecified atom stereocenters. The van der Waals surface area contributed by atoms with Gasteiger partial charge in [0.15, 0.2) is 0 Å². The maximum absolute atomic E-state index is 12.4. The second kappa shape index (κ2) is 7.15. The first-order valence-electron chi connectivity index (χ1n) is 7.38. The van der Waals surface area contributed by atoms with E-state index in [-0.39, 0.29) is 16.9 Å². The second-order valence-corrected chi connectivity index (χ2v) is 7.13. The first-order chi connectivity index (χ1) is 10.1. The molecule has 0 aliphatic heterocycles. The van der Waals surface area contributed by atoms with E-state index in [0.29, 0.717) is 5.92 Å². The molecule has 0 spiro atoms. The first kappa shape index (κ1) is 16.1. The lowest BCUT2D eigenvalue weighted by atomic mass is 9.83. The molecule has 7 nitrogen and oxygen atoms in total. The third-order valence-electron chi connectivity index (χ3n) is 4.03. The number of anilines is 1. The number of nitrogens with zero attached hydrogens (tertiary/aromatic N) is 2. The number of hydrogen-bond donors (Lipinski definition) is 3. The fourth-order valence-corrected chi connectivity index (χ4v) is 4.12. The van der Waals surface area contributed by atoms with Crippen LogP contribution in [0.25, 0.3) is 0 Å². The van der Waals surface area contributed by atoms with Crippen molar-refractivity contribution in [3.05, 3.63) is 12.4 Å². The number of hydrogen-bond acceptors (Lipinski definition) is 6. The molecule has 2 rings (SSSR count). The van der Waals surface area contributed by atoms with E-state index in [0.717, 1.165) is 19.3 Å². The van der Waals surface area contributed by atoms with Crippen molar-refractivity contribution < 1.29 is 8.42 Å². The number of nitrogens with one attached hydrogen (secondary N) is 2. The van der Waals surface area contributed by atoms with Gasteiger partial charge in [-0.25, -0.2) is 29.0 Å². The van der Waals surface area contributed by atoms with Gasteiger partial charge in [0.05, 0.1) is 12.4 Å². The Balaban J connectivity index is 2.10. The van der Waals surface area contributed by atoms with Gasteiger partial charge in [0, 0.05) is 6.04 Å². The van der Waals surface area contributed by atoms with Crippen molar-refractivity contribution in [1.29, 1.82) is 0 Å². The number of hydrazine groups is 1. The van der Waals surface area contributed by atoms with E-state index in [1.165, 1.54) is 31.7 Å². The van der Waals surface area contributed by atoms with Crippen molar-refractivity contribution >= 4 is 16.0 Å². The van der Waals surface area contributed by atoms with Crippen LogP contribution in [0.1, 0.15) is 45.4 Å². The molecule has 1 aliphatic rings. The predicted molar refractivity (Wildman–Crippen MR) is 80.8 cm³/mol. The van der Waals surface area contributed by atoms with Gasteiger partial charge in [-0.05, 0) is 25.2 Å².